The number of aryl methyl sites for hydroxylation is 1. The van der Waals surface area contributed by atoms with Gasteiger partial charge in [0.25, 0.3) is 0 Å². The summed E-state index contributed by atoms with van der Waals surface area (Å²) in [6.45, 7) is 5.71. The van der Waals surface area contributed by atoms with Crippen LogP contribution in [-0.2, 0) is 28.0 Å². The first kappa shape index (κ1) is 31.2. The third-order valence-corrected chi connectivity index (χ3v) is 6.62. The van der Waals surface area contributed by atoms with Crippen LogP contribution < -0.4 is 18.9 Å². The minimum Gasteiger partial charge on any atom is -0.493 e. The summed E-state index contributed by atoms with van der Waals surface area (Å²) < 4.78 is 36.9. The van der Waals surface area contributed by atoms with Crippen molar-refractivity contribution in [1.82, 2.24) is 4.90 Å². The van der Waals surface area contributed by atoms with Gasteiger partial charge in [0.1, 0.15) is 5.84 Å². The van der Waals surface area contributed by atoms with E-state index in [1.807, 2.05) is 26.8 Å². The second kappa shape index (κ2) is 13.4. The second-order valence-electron chi connectivity index (χ2n) is 10.7. The molecule has 0 saturated heterocycles. The van der Waals surface area contributed by atoms with Gasteiger partial charge in [-0.3, -0.25) is 10.2 Å². The maximum Gasteiger partial charge on any atom is 0.341 e. The summed E-state index contributed by atoms with van der Waals surface area (Å²) in [5.41, 5.74) is 1.74. The van der Waals surface area contributed by atoms with E-state index in [9.17, 15) is 14.7 Å². The Morgan fingerprint density at radius 3 is 2.46 bits per heavy atom. The fraction of sp³-hybridized carbons (Fsp3) is 0.467. The number of nitrogens with zero attached hydrogens (tertiary/aromatic N) is 2. The average Bonchev–Trinajstić information content (AvgIpc) is 3.22. The Bertz CT molecular complexity index is 1360. The molecule has 0 aromatic heterocycles. The molecule has 1 heterocycles. The number of carboxylic acids is 1. The first-order chi connectivity index (χ1) is 19.4. The highest BCUT2D eigenvalue weighted by molar-refractivity contribution is 6.03. The molecule has 3 rings (SSSR count). The summed E-state index contributed by atoms with van der Waals surface area (Å²) in [7, 11) is 2.73. The number of hydrogen-bond acceptors (Lipinski definition) is 8. The summed E-state index contributed by atoms with van der Waals surface area (Å²) in [6.07, 6.45) is 1.32. The number of Topliss-reactive ketones (excluding diaryl/α,β-unsaturated/α-hetero) is 1. The van der Waals surface area contributed by atoms with Crippen LogP contribution in [0.25, 0.3) is 0 Å². The van der Waals surface area contributed by atoms with Crippen LogP contribution in [-0.4, -0.2) is 61.6 Å². The van der Waals surface area contributed by atoms with E-state index < -0.39 is 23.8 Å². The SMILES string of the molecule is COc1cc2c(c(F)c1OC)C(=N)N(CC(=O)CCc1cc(OCCCC#N)c(OCC(=O)O)c(C(C)(C)C)c1)C2. The van der Waals surface area contributed by atoms with E-state index in [-0.39, 0.29) is 54.8 Å². The Morgan fingerprint density at radius 2 is 1.85 bits per heavy atom. The van der Waals surface area contributed by atoms with Crippen LogP contribution in [0, 0.1) is 22.6 Å². The number of fused-ring (bicyclic) bond motifs is 1. The third kappa shape index (κ3) is 7.45. The molecular formula is C30H36FN3O7. The maximum atomic E-state index is 15.1. The van der Waals surface area contributed by atoms with Crippen molar-refractivity contribution in [2.45, 2.75) is 58.4 Å². The fourth-order valence-electron chi connectivity index (χ4n) is 4.62. The molecule has 0 spiro atoms. The molecule has 0 radical (unpaired) electrons. The lowest BCUT2D eigenvalue weighted by atomic mass is 9.84. The molecule has 2 aromatic carbocycles. The van der Waals surface area contributed by atoms with Crippen LogP contribution in [0.5, 0.6) is 23.0 Å². The number of halogens is 1. The van der Waals surface area contributed by atoms with Crippen molar-refractivity contribution in [3.05, 3.63) is 46.3 Å². The number of carboxylic acid groups (broad SMARTS) is 1. The quantitative estimate of drug-likeness (QED) is 0.311. The number of benzene rings is 2. The van der Waals surface area contributed by atoms with Crippen LogP contribution >= 0.6 is 0 Å². The number of carbonyl (C=O) groups is 2. The lowest BCUT2D eigenvalue weighted by molar-refractivity contribution is -0.139. The predicted octanol–water partition coefficient (Wildman–Crippen LogP) is 4.63. The van der Waals surface area contributed by atoms with Gasteiger partial charge in [-0.05, 0) is 41.5 Å². The number of amidine groups is 1. The van der Waals surface area contributed by atoms with Crippen molar-refractivity contribution in [2.75, 3.05) is 34.0 Å². The van der Waals surface area contributed by atoms with Gasteiger partial charge in [-0.25, -0.2) is 9.18 Å². The summed E-state index contributed by atoms with van der Waals surface area (Å²) in [5.74, 6) is -1.22. The first-order valence-electron chi connectivity index (χ1n) is 13.2. The number of nitriles is 1. The van der Waals surface area contributed by atoms with Crippen LogP contribution in [0.3, 0.4) is 0 Å². The smallest absolute Gasteiger partial charge is 0.341 e. The highest BCUT2D eigenvalue weighted by atomic mass is 19.1. The summed E-state index contributed by atoms with van der Waals surface area (Å²) >= 11 is 0. The van der Waals surface area contributed by atoms with E-state index in [0.29, 0.717) is 36.3 Å². The van der Waals surface area contributed by atoms with Crippen molar-refractivity contribution in [3.63, 3.8) is 0 Å². The molecule has 220 valence electrons. The standard InChI is InChI=1S/C30H36FN3O7/c1-30(2,3)21-12-18(13-23(40-11-7-6-10-32)27(21)41-17-24(36)37)8-9-20(35)16-34-15-19-14-22(38-4)28(39-5)26(31)25(19)29(34)33/h12-14,33H,6-9,11,15-17H2,1-5H3,(H,36,37). The van der Waals surface area contributed by atoms with Gasteiger partial charge < -0.3 is 29.0 Å². The summed E-state index contributed by atoms with van der Waals surface area (Å²) in [4.78, 5) is 25.8. The minimum absolute atomic E-state index is 0.0684. The molecule has 10 nitrogen and oxygen atoms in total. The number of carbonyl (C=O) groups excluding carboxylic acids is 1. The minimum atomic E-state index is -1.12. The summed E-state index contributed by atoms with van der Waals surface area (Å²) in [5, 5.41) is 26.5. The lowest BCUT2D eigenvalue weighted by Crippen LogP contribution is -2.30. The third-order valence-electron chi connectivity index (χ3n) is 6.62. The maximum absolute atomic E-state index is 15.1. The van der Waals surface area contributed by atoms with Gasteiger partial charge in [0, 0.05) is 24.9 Å². The predicted molar refractivity (Wildman–Crippen MR) is 149 cm³/mol. The number of nitrogens with one attached hydrogen (secondary N) is 1. The molecule has 1 aliphatic rings. The molecule has 41 heavy (non-hydrogen) atoms. The number of unbranched alkanes of at least 4 members (excludes halogenated alkanes) is 1. The number of rotatable bonds is 14. The number of ether oxygens (including phenoxy) is 4. The molecule has 0 fully saturated rings. The Kier molecular flexibility index (Phi) is 10.2. The van der Waals surface area contributed by atoms with Crippen molar-refractivity contribution >= 4 is 17.6 Å². The van der Waals surface area contributed by atoms with E-state index in [0.717, 1.165) is 11.1 Å². The zero-order valence-corrected chi connectivity index (χ0v) is 24.1. The highest BCUT2D eigenvalue weighted by Crippen LogP contribution is 2.41. The number of aliphatic carboxylic acids is 1. The van der Waals surface area contributed by atoms with Crippen LogP contribution in [0.15, 0.2) is 18.2 Å². The molecule has 2 N–H and O–H groups in total. The Morgan fingerprint density at radius 1 is 1.12 bits per heavy atom. The molecule has 0 amide bonds. The van der Waals surface area contributed by atoms with E-state index in [1.165, 1.54) is 19.1 Å². The number of ketones is 1. The molecule has 0 saturated carbocycles. The van der Waals surface area contributed by atoms with E-state index in [1.54, 1.807) is 12.1 Å². The Hall–Kier alpha value is -4.33. The lowest BCUT2D eigenvalue weighted by Gasteiger charge is -2.26. The monoisotopic (exact) mass is 569 g/mol. The topological polar surface area (TPSA) is 142 Å². The zero-order valence-electron chi connectivity index (χ0n) is 24.1. The molecule has 2 aromatic rings. The van der Waals surface area contributed by atoms with Crippen LogP contribution in [0.1, 0.15) is 62.3 Å². The molecular weight excluding hydrogens is 533 g/mol. The van der Waals surface area contributed by atoms with Gasteiger partial charge in [0.2, 0.25) is 0 Å². The van der Waals surface area contributed by atoms with Gasteiger partial charge in [0.05, 0.1) is 39.0 Å². The summed E-state index contributed by atoms with van der Waals surface area (Å²) in [6, 6.07) is 7.30. The van der Waals surface area contributed by atoms with Crippen LogP contribution in [0.2, 0.25) is 0 Å². The normalized spacial score (nSPS) is 12.5. The van der Waals surface area contributed by atoms with E-state index in [4.69, 9.17) is 29.6 Å². The molecule has 0 atom stereocenters. The van der Waals surface area contributed by atoms with Crippen molar-refractivity contribution in [2.24, 2.45) is 0 Å². The van der Waals surface area contributed by atoms with Crippen molar-refractivity contribution < 1.29 is 38.0 Å². The molecule has 0 unspecified atom stereocenters. The molecule has 0 bridgehead atoms. The molecule has 1 aliphatic heterocycles. The van der Waals surface area contributed by atoms with Crippen molar-refractivity contribution in [1.29, 1.82) is 10.7 Å². The van der Waals surface area contributed by atoms with E-state index in [2.05, 4.69) is 6.07 Å². The zero-order chi connectivity index (χ0) is 30.3. The van der Waals surface area contributed by atoms with Crippen molar-refractivity contribution in [3.8, 4) is 29.1 Å². The van der Waals surface area contributed by atoms with Crippen LogP contribution in [0.4, 0.5) is 4.39 Å². The Labute approximate surface area is 239 Å². The van der Waals surface area contributed by atoms with Gasteiger partial charge in [0.15, 0.2) is 41.2 Å². The first-order valence-corrected chi connectivity index (χ1v) is 13.2. The van der Waals surface area contributed by atoms with E-state index >= 15 is 4.39 Å². The molecule has 0 aliphatic carbocycles. The van der Waals surface area contributed by atoms with Gasteiger partial charge in [-0.15, -0.1) is 0 Å². The Balaban J connectivity index is 1.78. The fourth-order valence-corrected chi connectivity index (χ4v) is 4.62. The number of methoxy groups -OCH3 is 2. The average molecular weight is 570 g/mol. The van der Waals surface area contributed by atoms with Gasteiger partial charge in [-0.1, -0.05) is 26.8 Å². The highest BCUT2D eigenvalue weighted by Gasteiger charge is 2.32. The second-order valence-corrected chi connectivity index (χ2v) is 10.7. The number of hydrogen-bond donors (Lipinski definition) is 2. The van der Waals surface area contributed by atoms with Gasteiger partial charge in [-0.2, -0.15) is 5.26 Å². The molecule has 11 heteroatoms. The van der Waals surface area contributed by atoms with Gasteiger partial charge >= 0.3 is 5.97 Å². The largest absolute Gasteiger partial charge is 0.493 e.